The lowest BCUT2D eigenvalue weighted by atomic mass is 9.98. The third-order valence-electron chi connectivity index (χ3n) is 6.53. The highest BCUT2D eigenvalue weighted by Crippen LogP contribution is 2.36. The minimum atomic E-state index is -0.991. The van der Waals surface area contributed by atoms with Gasteiger partial charge in [0.05, 0.1) is 12.3 Å². The van der Waals surface area contributed by atoms with E-state index in [2.05, 4.69) is 9.97 Å². The van der Waals surface area contributed by atoms with Gasteiger partial charge in [0.1, 0.15) is 41.8 Å². The van der Waals surface area contributed by atoms with Crippen LogP contribution in [-0.2, 0) is 0 Å². The Kier molecular flexibility index (Phi) is 8.58. The topological polar surface area (TPSA) is 136 Å². The molecule has 38 heavy (non-hydrogen) atoms. The summed E-state index contributed by atoms with van der Waals surface area (Å²) in [6, 6.07) is 10.9. The molecule has 0 aliphatic carbocycles. The van der Waals surface area contributed by atoms with Crippen LogP contribution in [0, 0.1) is 22.2 Å². The molecule has 2 heterocycles. The van der Waals surface area contributed by atoms with Crippen molar-refractivity contribution in [1.82, 2.24) is 19.5 Å². The van der Waals surface area contributed by atoms with Crippen molar-refractivity contribution >= 4 is 22.6 Å². The summed E-state index contributed by atoms with van der Waals surface area (Å²) < 4.78 is 22.2. The van der Waals surface area contributed by atoms with Gasteiger partial charge in [0.25, 0.3) is 0 Å². The normalized spacial score (nSPS) is 13.9. The largest absolute Gasteiger partial charge is 0.493 e. The second kappa shape index (κ2) is 11.7. The third-order valence-corrected chi connectivity index (χ3v) is 7.20. The number of aromatic amines is 2. The number of nitrogens with zero attached hydrogens (tertiary/aromatic N) is 2. The first-order valence-electron chi connectivity index (χ1n) is 12.2. The molecule has 4 rings (SSSR count). The van der Waals surface area contributed by atoms with Crippen molar-refractivity contribution in [3.05, 3.63) is 73.9 Å². The van der Waals surface area contributed by atoms with Crippen LogP contribution in [0.4, 0.5) is 4.39 Å². The van der Waals surface area contributed by atoms with E-state index in [9.17, 15) is 19.4 Å². The number of hydrogen-bond donors (Lipinski definition) is 5. The number of halogens is 2. The van der Waals surface area contributed by atoms with Gasteiger partial charge in [0, 0.05) is 20.4 Å². The number of H-pyrrole nitrogens is 2. The summed E-state index contributed by atoms with van der Waals surface area (Å²) in [5.74, 6) is 0.164. The van der Waals surface area contributed by atoms with Crippen LogP contribution in [0.1, 0.15) is 37.8 Å². The van der Waals surface area contributed by atoms with Crippen molar-refractivity contribution in [2.45, 2.75) is 39.3 Å². The van der Waals surface area contributed by atoms with Gasteiger partial charge >= 0.3 is 5.69 Å². The molecular formula is C27H30FIN4O5. The van der Waals surface area contributed by atoms with Gasteiger partial charge < -0.3 is 30.0 Å². The highest BCUT2D eigenvalue weighted by Gasteiger charge is 2.30. The number of imidazole rings is 2. The standard InChI is InChI=1S/C27H30FIN4O5/c1-4-14(2)24(25-30-15(3)22(31-25)20-10-7-17(29)11-21(20)28)33-26(36)23(32-27(33)37)16-5-8-19(9-6-16)38-13-18(35)12-34/h5-11,14,18,24,34-36H,4,12-13H2,1-3H3,(H,30,31)(H,32,37)/t14-,18+,24-/m0/s1. The van der Waals surface area contributed by atoms with Crippen molar-refractivity contribution in [2.24, 2.45) is 5.92 Å². The zero-order valence-corrected chi connectivity index (χ0v) is 23.4. The van der Waals surface area contributed by atoms with E-state index in [1.165, 1.54) is 10.6 Å². The average molecular weight is 636 g/mol. The number of nitrogens with one attached hydrogen (secondary N) is 2. The van der Waals surface area contributed by atoms with Gasteiger partial charge in [0.15, 0.2) is 0 Å². The highest BCUT2D eigenvalue weighted by molar-refractivity contribution is 14.1. The summed E-state index contributed by atoms with van der Waals surface area (Å²) in [4.78, 5) is 23.8. The molecule has 0 unspecified atom stereocenters. The Hall–Kier alpha value is -3.16. The molecule has 4 aromatic rings. The van der Waals surface area contributed by atoms with E-state index in [-0.39, 0.29) is 29.9 Å². The van der Waals surface area contributed by atoms with E-state index < -0.39 is 24.4 Å². The van der Waals surface area contributed by atoms with Gasteiger partial charge in [-0.25, -0.2) is 14.2 Å². The molecule has 0 amide bonds. The smallest absolute Gasteiger partial charge is 0.329 e. The number of hydrogen-bond acceptors (Lipinski definition) is 6. The maximum Gasteiger partial charge on any atom is 0.329 e. The number of rotatable bonds is 10. The molecule has 0 bridgehead atoms. The van der Waals surface area contributed by atoms with Crippen molar-refractivity contribution in [1.29, 1.82) is 0 Å². The molecule has 2 aromatic heterocycles. The lowest BCUT2D eigenvalue weighted by molar-refractivity contribution is 0.0536. The quantitative estimate of drug-likeness (QED) is 0.164. The summed E-state index contributed by atoms with van der Waals surface area (Å²) in [6.07, 6.45) is -0.301. The molecule has 0 aliphatic rings. The number of aromatic nitrogens is 4. The fourth-order valence-corrected chi connectivity index (χ4v) is 4.75. The number of aliphatic hydroxyl groups excluding tert-OH is 2. The molecule has 0 radical (unpaired) electrons. The number of aromatic hydroxyl groups is 1. The minimum absolute atomic E-state index is 0.0679. The van der Waals surface area contributed by atoms with Crippen molar-refractivity contribution in [3.63, 3.8) is 0 Å². The van der Waals surface area contributed by atoms with Crippen LogP contribution in [0.25, 0.3) is 22.5 Å². The second-order valence-corrected chi connectivity index (χ2v) is 10.5. The monoisotopic (exact) mass is 636 g/mol. The molecule has 202 valence electrons. The van der Waals surface area contributed by atoms with Gasteiger partial charge in [-0.2, -0.15) is 0 Å². The van der Waals surface area contributed by atoms with Gasteiger partial charge in [-0.15, -0.1) is 0 Å². The van der Waals surface area contributed by atoms with Crippen LogP contribution in [0.3, 0.4) is 0 Å². The predicted octanol–water partition coefficient (Wildman–Crippen LogP) is 4.36. The number of ether oxygens (including phenoxy) is 1. The SMILES string of the molecule is CC[C@H](C)[C@@H](c1nc(-c2ccc(I)cc2F)c(C)[nH]1)n1c(O)c(-c2ccc(OC[C@H](O)CO)cc2)[nH]c1=O. The Morgan fingerprint density at radius 1 is 1.18 bits per heavy atom. The Bertz CT molecular complexity index is 1460. The first kappa shape index (κ1) is 27.9. The molecule has 0 saturated carbocycles. The van der Waals surface area contributed by atoms with E-state index in [0.717, 1.165) is 3.57 Å². The van der Waals surface area contributed by atoms with E-state index in [0.29, 0.717) is 40.5 Å². The van der Waals surface area contributed by atoms with Crippen LogP contribution >= 0.6 is 22.6 Å². The highest BCUT2D eigenvalue weighted by atomic mass is 127. The molecule has 0 saturated heterocycles. The number of aliphatic hydroxyl groups is 2. The van der Waals surface area contributed by atoms with E-state index in [1.807, 2.05) is 36.4 Å². The van der Waals surface area contributed by atoms with E-state index >= 15 is 0 Å². The zero-order valence-electron chi connectivity index (χ0n) is 21.2. The molecule has 11 heteroatoms. The fraction of sp³-hybridized carbons (Fsp3) is 0.333. The van der Waals surface area contributed by atoms with Crippen LogP contribution in [0.15, 0.2) is 47.3 Å². The lowest BCUT2D eigenvalue weighted by Gasteiger charge is -2.22. The van der Waals surface area contributed by atoms with Gasteiger partial charge in [-0.05, 0) is 77.9 Å². The molecule has 3 atom stereocenters. The molecule has 9 nitrogen and oxygen atoms in total. The molecule has 5 N–H and O–H groups in total. The number of benzene rings is 2. The van der Waals surface area contributed by atoms with Crippen LogP contribution in [0.5, 0.6) is 11.6 Å². The molecule has 0 fully saturated rings. The average Bonchev–Trinajstić information content (AvgIpc) is 3.42. The molecule has 2 aromatic carbocycles. The lowest BCUT2D eigenvalue weighted by Crippen LogP contribution is -2.28. The first-order valence-corrected chi connectivity index (χ1v) is 13.3. The summed E-state index contributed by atoms with van der Waals surface area (Å²) in [6.45, 7) is 5.26. The third kappa shape index (κ3) is 5.64. The second-order valence-electron chi connectivity index (χ2n) is 9.22. The Morgan fingerprint density at radius 3 is 2.53 bits per heavy atom. The van der Waals surface area contributed by atoms with Crippen LogP contribution < -0.4 is 10.4 Å². The van der Waals surface area contributed by atoms with Crippen LogP contribution in [-0.4, -0.2) is 54.2 Å². The molecular weight excluding hydrogens is 606 g/mol. The summed E-state index contributed by atoms with van der Waals surface area (Å²) in [7, 11) is 0. The van der Waals surface area contributed by atoms with Gasteiger partial charge in [-0.1, -0.05) is 20.3 Å². The van der Waals surface area contributed by atoms with E-state index in [4.69, 9.17) is 14.8 Å². The van der Waals surface area contributed by atoms with Crippen molar-refractivity contribution in [2.75, 3.05) is 13.2 Å². The predicted molar refractivity (Wildman–Crippen MR) is 150 cm³/mol. The molecule has 0 aliphatic heterocycles. The number of aryl methyl sites for hydroxylation is 1. The van der Waals surface area contributed by atoms with Crippen molar-refractivity contribution < 1.29 is 24.4 Å². The summed E-state index contributed by atoms with van der Waals surface area (Å²) >= 11 is 2.05. The van der Waals surface area contributed by atoms with E-state index in [1.54, 1.807) is 43.3 Å². The Labute approximate surface area is 232 Å². The Balaban J connectivity index is 1.72. The Morgan fingerprint density at radius 2 is 1.89 bits per heavy atom. The fourth-order valence-electron chi connectivity index (χ4n) is 4.30. The summed E-state index contributed by atoms with van der Waals surface area (Å²) in [5, 5.41) is 29.6. The van der Waals surface area contributed by atoms with Crippen molar-refractivity contribution in [3.8, 4) is 34.1 Å². The molecule has 0 spiro atoms. The van der Waals surface area contributed by atoms with Gasteiger partial charge in [-0.3, -0.25) is 4.57 Å². The van der Waals surface area contributed by atoms with Crippen LogP contribution in [0.2, 0.25) is 0 Å². The minimum Gasteiger partial charge on any atom is -0.493 e. The zero-order chi connectivity index (χ0) is 27.6. The first-order chi connectivity index (χ1) is 18.1. The maximum absolute atomic E-state index is 14.7. The maximum atomic E-state index is 14.7. The summed E-state index contributed by atoms with van der Waals surface area (Å²) in [5.41, 5.74) is 1.73. The van der Waals surface area contributed by atoms with Gasteiger partial charge in [0.2, 0.25) is 5.88 Å².